The second-order valence-electron chi connectivity index (χ2n) is 6.86. The molecule has 4 rings (SSSR count). The first kappa shape index (κ1) is 17.9. The summed E-state index contributed by atoms with van der Waals surface area (Å²) in [4.78, 5) is 19.6. The fourth-order valence-corrected chi connectivity index (χ4v) is 3.31. The van der Waals surface area contributed by atoms with Crippen LogP contribution in [0.4, 0.5) is 11.5 Å². The predicted molar refractivity (Wildman–Crippen MR) is 107 cm³/mol. The molecule has 0 aliphatic carbocycles. The topological polar surface area (TPSA) is 90.2 Å². The number of anilines is 1. The minimum absolute atomic E-state index is 0.0193. The zero-order chi connectivity index (χ0) is 19.7. The summed E-state index contributed by atoms with van der Waals surface area (Å²) in [6, 6.07) is 14.5. The molecule has 7 nitrogen and oxygen atoms in total. The molecular formula is C21H20N4O3. The van der Waals surface area contributed by atoms with Crippen LogP contribution in [0.15, 0.2) is 48.5 Å². The molecule has 1 aliphatic heterocycles. The first-order valence-corrected chi connectivity index (χ1v) is 9.12. The van der Waals surface area contributed by atoms with Crippen molar-refractivity contribution in [1.82, 2.24) is 9.97 Å². The number of aromatic nitrogens is 2. The summed E-state index contributed by atoms with van der Waals surface area (Å²) in [5.41, 5.74) is 3.79. The Hall–Kier alpha value is -3.48. The number of benzene rings is 2. The normalized spacial score (nSPS) is 13.5. The minimum Gasteiger partial charge on any atom is -0.493 e. The van der Waals surface area contributed by atoms with Crippen LogP contribution in [0.2, 0.25) is 0 Å². The predicted octanol–water partition coefficient (Wildman–Crippen LogP) is 4.47. The van der Waals surface area contributed by atoms with Crippen LogP contribution in [0.1, 0.15) is 29.8 Å². The van der Waals surface area contributed by atoms with Gasteiger partial charge in [-0.05, 0) is 37.1 Å². The Morgan fingerprint density at radius 1 is 1.18 bits per heavy atom. The molecule has 0 saturated carbocycles. The van der Waals surface area contributed by atoms with Gasteiger partial charge >= 0.3 is 0 Å². The van der Waals surface area contributed by atoms with Crippen LogP contribution >= 0.6 is 0 Å². The van der Waals surface area contributed by atoms with Crippen molar-refractivity contribution in [3.63, 3.8) is 0 Å². The highest BCUT2D eigenvalue weighted by Crippen LogP contribution is 2.29. The molecule has 7 heteroatoms. The number of fused-ring (bicyclic) bond motifs is 1. The summed E-state index contributed by atoms with van der Waals surface area (Å²) in [6.45, 7) is 4.69. The average molecular weight is 376 g/mol. The van der Waals surface area contributed by atoms with E-state index in [1.54, 1.807) is 12.1 Å². The van der Waals surface area contributed by atoms with E-state index >= 15 is 0 Å². The van der Waals surface area contributed by atoms with Crippen LogP contribution in [0, 0.1) is 17.0 Å². The molecule has 1 aromatic heterocycles. The molecule has 3 aromatic rings. The van der Waals surface area contributed by atoms with E-state index in [0.29, 0.717) is 17.2 Å². The van der Waals surface area contributed by atoms with Gasteiger partial charge in [0.15, 0.2) is 5.82 Å². The molecule has 1 N–H and O–H groups in total. The summed E-state index contributed by atoms with van der Waals surface area (Å²) in [5, 5.41) is 14.5. The Morgan fingerprint density at radius 3 is 2.86 bits per heavy atom. The van der Waals surface area contributed by atoms with Crippen LogP contribution in [0.5, 0.6) is 5.75 Å². The fraction of sp³-hybridized carbons (Fsp3) is 0.238. The highest BCUT2D eigenvalue weighted by atomic mass is 16.6. The summed E-state index contributed by atoms with van der Waals surface area (Å²) in [7, 11) is 0. The second kappa shape index (κ2) is 7.26. The Labute approximate surface area is 162 Å². The van der Waals surface area contributed by atoms with E-state index in [-0.39, 0.29) is 11.7 Å². The van der Waals surface area contributed by atoms with Gasteiger partial charge in [-0.15, -0.1) is 0 Å². The fourth-order valence-electron chi connectivity index (χ4n) is 3.31. The summed E-state index contributed by atoms with van der Waals surface area (Å²) in [6.07, 6.45) is 0.930. The van der Waals surface area contributed by atoms with Crippen LogP contribution in [-0.4, -0.2) is 21.5 Å². The van der Waals surface area contributed by atoms with Gasteiger partial charge in [0.1, 0.15) is 11.6 Å². The zero-order valence-electron chi connectivity index (χ0n) is 15.7. The van der Waals surface area contributed by atoms with Crippen LogP contribution in [0.25, 0.3) is 11.4 Å². The van der Waals surface area contributed by atoms with E-state index in [1.807, 2.05) is 19.1 Å². The monoisotopic (exact) mass is 376 g/mol. The Kier molecular flexibility index (Phi) is 4.65. The van der Waals surface area contributed by atoms with Crippen LogP contribution < -0.4 is 10.1 Å². The molecular weight excluding hydrogens is 356 g/mol. The zero-order valence-corrected chi connectivity index (χ0v) is 15.7. The van der Waals surface area contributed by atoms with Crippen LogP contribution in [0.3, 0.4) is 0 Å². The molecule has 1 atom stereocenters. The minimum atomic E-state index is -0.419. The summed E-state index contributed by atoms with van der Waals surface area (Å²) < 4.78 is 5.57. The van der Waals surface area contributed by atoms with Crippen molar-refractivity contribution >= 4 is 11.5 Å². The number of hydrogen-bond acceptors (Lipinski definition) is 6. The van der Waals surface area contributed by atoms with E-state index in [9.17, 15) is 10.1 Å². The van der Waals surface area contributed by atoms with Gasteiger partial charge in [0.2, 0.25) is 0 Å². The SMILES string of the molecule is Cc1cc(NC(C)c2ccc3c(c2)CCO3)nc(-c2cccc([N+](=O)[O-])c2)n1. The third-order valence-corrected chi connectivity index (χ3v) is 4.75. The first-order valence-electron chi connectivity index (χ1n) is 9.12. The maximum Gasteiger partial charge on any atom is 0.270 e. The van der Waals surface area contributed by atoms with Gasteiger partial charge in [0.25, 0.3) is 5.69 Å². The lowest BCUT2D eigenvalue weighted by Crippen LogP contribution is -2.09. The standard InChI is InChI=1S/C21H20N4O3/c1-13-10-20(23-14(2)15-6-7-19-16(11-15)8-9-28-19)24-21(22-13)17-4-3-5-18(12-17)25(26)27/h3-7,10-12,14H,8-9H2,1-2H3,(H,22,23,24). The van der Waals surface area contributed by atoms with Crippen LogP contribution in [-0.2, 0) is 6.42 Å². The lowest BCUT2D eigenvalue weighted by Gasteiger charge is -2.17. The van der Waals surface area contributed by atoms with Crippen molar-refractivity contribution in [2.75, 3.05) is 11.9 Å². The van der Waals surface area contributed by atoms with Crippen molar-refractivity contribution in [2.45, 2.75) is 26.3 Å². The van der Waals surface area contributed by atoms with Gasteiger partial charge in [-0.3, -0.25) is 10.1 Å². The Morgan fingerprint density at radius 2 is 2.04 bits per heavy atom. The number of nitrogens with one attached hydrogen (secondary N) is 1. The quantitative estimate of drug-likeness (QED) is 0.522. The van der Waals surface area contributed by atoms with Crippen molar-refractivity contribution in [2.24, 2.45) is 0 Å². The second-order valence-corrected chi connectivity index (χ2v) is 6.86. The van der Waals surface area contributed by atoms with Crippen molar-refractivity contribution in [3.8, 4) is 17.1 Å². The third kappa shape index (κ3) is 3.64. The van der Waals surface area contributed by atoms with E-state index in [1.165, 1.54) is 17.7 Å². The number of rotatable bonds is 5. The number of non-ortho nitro benzene ring substituents is 1. The highest BCUT2D eigenvalue weighted by molar-refractivity contribution is 5.61. The number of nitrogens with zero attached hydrogens (tertiary/aromatic N) is 3. The molecule has 0 bridgehead atoms. The lowest BCUT2D eigenvalue weighted by atomic mass is 10.0. The molecule has 142 valence electrons. The molecule has 0 saturated heterocycles. The summed E-state index contributed by atoms with van der Waals surface area (Å²) in [5.74, 6) is 2.10. The smallest absolute Gasteiger partial charge is 0.270 e. The number of nitro benzene ring substituents is 1. The van der Waals surface area contributed by atoms with Gasteiger partial charge in [-0.25, -0.2) is 9.97 Å². The average Bonchev–Trinajstić information content (AvgIpc) is 3.15. The van der Waals surface area contributed by atoms with E-state index in [0.717, 1.165) is 30.0 Å². The van der Waals surface area contributed by atoms with Gasteiger partial charge in [0.05, 0.1) is 11.5 Å². The molecule has 0 amide bonds. The molecule has 2 heterocycles. The molecule has 0 radical (unpaired) electrons. The largest absolute Gasteiger partial charge is 0.493 e. The third-order valence-electron chi connectivity index (χ3n) is 4.75. The van der Waals surface area contributed by atoms with Crippen molar-refractivity contribution in [3.05, 3.63) is 75.5 Å². The first-order chi connectivity index (χ1) is 13.5. The summed E-state index contributed by atoms with van der Waals surface area (Å²) >= 11 is 0. The molecule has 0 fully saturated rings. The molecule has 28 heavy (non-hydrogen) atoms. The number of hydrogen-bond donors (Lipinski definition) is 1. The van der Waals surface area contributed by atoms with E-state index < -0.39 is 4.92 Å². The number of nitro groups is 1. The molecule has 1 aliphatic rings. The number of ether oxygens (including phenoxy) is 1. The molecule has 0 spiro atoms. The van der Waals surface area contributed by atoms with Gasteiger partial charge in [0, 0.05) is 41.9 Å². The van der Waals surface area contributed by atoms with Gasteiger partial charge in [-0.2, -0.15) is 0 Å². The maximum atomic E-state index is 11.0. The van der Waals surface area contributed by atoms with E-state index in [2.05, 4.69) is 34.3 Å². The highest BCUT2D eigenvalue weighted by Gasteiger charge is 2.16. The van der Waals surface area contributed by atoms with Crippen molar-refractivity contribution in [1.29, 1.82) is 0 Å². The Balaban J connectivity index is 1.60. The van der Waals surface area contributed by atoms with Gasteiger partial charge < -0.3 is 10.1 Å². The Bertz CT molecular complexity index is 1050. The van der Waals surface area contributed by atoms with E-state index in [4.69, 9.17) is 4.74 Å². The maximum absolute atomic E-state index is 11.0. The van der Waals surface area contributed by atoms with Gasteiger partial charge in [-0.1, -0.05) is 18.2 Å². The lowest BCUT2D eigenvalue weighted by molar-refractivity contribution is -0.384. The number of aryl methyl sites for hydroxylation is 1. The molecule has 2 aromatic carbocycles. The van der Waals surface area contributed by atoms with Crippen molar-refractivity contribution < 1.29 is 9.66 Å². The molecule has 1 unspecified atom stereocenters.